The molecule has 2 fully saturated rings. The van der Waals surface area contributed by atoms with Crippen LogP contribution in [0.25, 0.3) is 0 Å². The Morgan fingerprint density at radius 2 is 1.29 bits per heavy atom. The molecule has 13 amide bonds. The Kier molecular flexibility index (Phi) is 28.5. The second-order valence-corrected chi connectivity index (χ2v) is 21.6. The highest BCUT2D eigenvalue weighted by Crippen LogP contribution is 2.21. The van der Waals surface area contributed by atoms with Gasteiger partial charge in [0.2, 0.25) is 76.8 Å². The highest BCUT2D eigenvalue weighted by molar-refractivity contribution is 7.98. The van der Waals surface area contributed by atoms with Gasteiger partial charge in [-0.05, 0) is 74.4 Å². The van der Waals surface area contributed by atoms with Gasteiger partial charge in [0.25, 0.3) is 0 Å². The van der Waals surface area contributed by atoms with Crippen LogP contribution < -0.4 is 76.5 Å². The number of nitrogens with zero attached hydrogens (tertiary/aromatic N) is 2. The number of hydrogen-bond acceptors (Lipinski definition) is 15. The maximum absolute atomic E-state index is 14.5. The van der Waals surface area contributed by atoms with E-state index in [1.807, 2.05) is 20.1 Å². The molecule has 29 nitrogen and oxygen atoms in total. The fraction of sp³-hybridized carbons (Fsp3) is 0.615. The molecule has 2 aliphatic heterocycles. The number of aliphatic imine (C=N–C) groups is 1. The summed E-state index contributed by atoms with van der Waals surface area (Å²) in [7, 11) is 0. The number of nitrogens with one attached hydrogen (secondary N) is 9. The van der Waals surface area contributed by atoms with Crippen molar-refractivity contribution in [1.82, 2.24) is 52.8 Å². The molecular weight excluding hydrogens is 1090 g/mol. The average molecular weight is 1170 g/mol. The predicted molar refractivity (Wildman–Crippen MR) is 301 cm³/mol. The minimum Gasteiger partial charge on any atom is -0.370 e. The van der Waals surface area contributed by atoms with Gasteiger partial charge in [-0.25, -0.2) is 0 Å². The Morgan fingerprint density at radius 3 is 1.88 bits per heavy atom. The number of thioether (sulfide) groups is 1. The summed E-state index contributed by atoms with van der Waals surface area (Å²) in [5.41, 5.74) is 28.1. The maximum Gasteiger partial charge on any atom is 0.246 e. The van der Waals surface area contributed by atoms with Crippen LogP contribution in [0, 0.1) is 11.8 Å². The van der Waals surface area contributed by atoms with Crippen LogP contribution in [0.1, 0.15) is 104 Å². The molecule has 454 valence electrons. The number of nitrogens with two attached hydrogens (primary N) is 5. The van der Waals surface area contributed by atoms with Crippen molar-refractivity contribution in [2.24, 2.45) is 45.5 Å². The Bertz CT molecular complexity index is 2480. The molecule has 0 saturated carbocycles. The van der Waals surface area contributed by atoms with Crippen molar-refractivity contribution in [2.75, 3.05) is 31.6 Å². The number of primary amides is 3. The molecule has 82 heavy (non-hydrogen) atoms. The molecule has 10 atom stereocenters. The summed E-state index contributed by atoms with van der Waals surface area (Å²) >= 11 is 1.46. The highest BCUT2D eigenvalue weighted by Gasteiger charge is 2.41. The van der Waals surface area contributed by atoms with Crippen molar-refractivity contribution in [3.63, 3.8) is 0 Å². The van der Waals surface area contributed by atoms with Gasteiger partial charge in [0.05, 0.1) is 19.4 Å². The first-order chi connectivity index (χ1) is 38.7. The number of carbonyl (C=O) groups excluding carboxylic acids is 13. The Balaban J connectivity index is 1.87. The molecule has 30 heteroatoms. The quantitative estimate of drug-likeness (QED) is 0.0172. The van der Waals surface area contributed by atoms with Crippen LogP contribution in [-0.4, -0.2) is 174 Å². The van der Waals surface area contributed by atoms with Gasteiger partial charge in [-0.2, -0.15) is 11.8 Å². The number of rotatable bonds is 35. The monoisotopic (exact) mass is 1170 g/mol. The van der Waals surface area contributed by atoms with Crippen molar-refractivity contribution < 1.29 is 62.3 Å². The molecule has 0 spiro atoms. The molecule has 2 heterocycles. The second kappa shape index (κ2) is 34.3. The lowest BCUT2D eigenvalue weighted by atomic mass is 9.97. The third kappa shape index (κ3) is 23.2. The molecule has 3 rings (SSSR count). The summed E-state index contributed by atoms with van der Waals surface area (Å²) in [5, 5.41) is 23.0. The summed E-state index contributed by atoms with van der Waals surface area (Å²) < 4.78 is 0. The van der Waals surface area contributed by atoms with Crippen molar-refractivity contribution in [1.29, 1.82) is 0 Å². The Hall–Kier alpha value is -8.05. The normalized spacial score (nSPS) is 17.6. The van der Waals surface area contributed by atoms with Crippen LogP contribution in [0.4, 0.5) is 0 Å². The molecule has 10 unspecified atom stereocenters. The molecule has 1 aromatic carbocycles. The van der Waals surface area contributed by atoms with Gasteiger partial charge in [0.15, 0.2) is 5.96 Å². The van der Waals surface area contributed by atoms with Gasteiger partial charge in [0.1, 0.15) is 54.4 Å². The number of carbonyl (C=O) groups is 13. The molecule has 19 N–H and O–H groups in total. The van der Waals surface area contributed by atoms with Gasteiger partial charge < -0.3 is 81.4 Å². The smallest absolute Gasteiger partial charge is 0.246 e. The van der Waals surface area contributed by atoms with E-state index in [0.29, 0.717) is 17.7 Å². The first kappa shape index (κ1) is 68.2. The van der Waals surface area contributed by atoms with Crippen LogP contribution in [0.3, 0.4) is 0 Å². The first-order valence-electron chi connectivity index (χ1n) is 27.2. The topological polar surface area (TPSA) is 476 Å². The molecule has 2 saturated heterocycles. The summed E-state index contributed by atoms with van der Waals surface area (Å²) in [6.45, 7) is 6.43. The summed E-state index contributed by atoms with van der Waals surface area (Å²) in [6, 6.07) is -3.34. The van der Waals surface area contributed by atoms with Crippen molar-refractivity contribution in [2.45, 2.75) is 159 Å². The molecule has 0 aliphatic carbocycles. The van der Waals surface area contributed by atoms with E-state index in [0.717, 1.165) is 4.90 Å². The summed E-state index contributed by atoms with van der Waals surface area (Å²) in [5.74, 6) is -11.0. The van der Waals surface area contributed by atoms with Crippen molar-refractivity contribution in [3.8, 4) is 0 Å². The first-order valence-corrected chi connectivity index (χ1v) is 28.6. The number of guanidine groups is 1. The van der Waals surface area contributed by atoms with Gasteiger partial charge in [-0.3, -0.25) is 67.3 Å². The van der Waals surface area contributed by atoms with E-state index in [-0.39, 0.29) is 88.7 Å². The van der Waals surface area contributed by atoms with Crippen LogP contribution >= 0.6 is 11.8 Å². The van der Waals surface area contributed by atoms with Crippen molar-refractivity contribution in [3.05, 3.63) is 35.9 Å². The molecule has 0 aromatic heterocycles. The minimum absolute atomic E-state index is 0.0220. The zero-order valence-corrected chi connectivity index (χ0v) is 47.9. The fourth-order valence-electron chi connectivity index (χ4n) is 9.02. The van der Waals surface area contributed by atoms with E-state index in [1.165, 1.54) is 11.8 Å². The lowest BCUT2D eigenvalue weighted by molar-refractivity contribution is -0.143. The number of hydrogen-bond donors (Lipinski definition) is 14. The highest BCUT2D eigenvalue weighted by atomic mass is 32.2. The lowest BCUT2D eigenvalue weighted by Crippen LogP contribution is -2.61. The van der Waals surface area contributed by atoms with Crippen LogP contribution in [0.15, 0.2) is 35.3 Å². The van der Waals surface area contributed by atoms with Gasteiger partial charge >= 0.3 is 0 Å². The molecule has 0 bridgehead atoms. The fourth-order valence-corrected chi connectivity index (χ4v) is 9.49. The van der Waals surface area contributed by atoms with E-state index in [4.69, 9.17) is 28.7 Å². The molecule has 2 aliphatic rings. The van der Waals surface area contributed by atoms with E-state index in [2.05, 4.69) is 52.8 Å². The number of likely N-dealkylation sites (tertiary alicyclic amines) is 1. The average Bonchev–Trinajstić information content (AvgIpc) is 4.15. The molecule has 1 aromatic rings. The largest absolute Gasteiger partial charge is 0.370 e. The predicted octanol–water partition coefficient (Wildman–Crippen LogP) is -4.86. The zero-order chi connectivity index (χ0) is 61.2. The number of amides is 13. The van der Waals surface area contributed by atoms with E-state index >= 15 is 0 Å². The van der Waals surface area contributed by atoms with Gasteiger partial charge in [-0.1, -0.05) is 64.4 Å². The minimum atomic E-state index is -1.75. The lowest BCUT2D eigenvalue weighted by Gasteiger charge is -2.30. The molecular formula is C52H82N16O13S. The maximum atomic E-state index is 14.5. The third-order valence-electron chi connectivity index (χ3n) is 13.5. The Labute approximate surface area is 480 Å². The summed E-state index contributed by atoms with van der Waals surface area (Å²) in [6.07, 6.45) is 1.45. The summed E-state index contributed by atoms with van der Waals surface area (Å²) in [4.78, 5) is 178. The standard InChI is InChI=1S/C52H82N16O13S/c1-6-28(4)42(50(80)59-26-41(72)61-33(22-27(2)3)46(76)62-30(43(55)73)18-21-82-5)67-48(78)34(23-29-12-8-7-9-13-29)64-44(74)31(14-10-19-58-52(56)57)63-47(77)35(24-38(53)69)65-49(79)37-15-11-20-68(37)51(81)36(25-39(54)70)66-45(75)32-16-17-40(71)60-32/h7-9,12-13,27-28,30-37,42H,6,10-11,14-26H2,1-5H3,(H2,53,69)(H2,54,70)(H2,55,73)(H,59,80)(H,60,71)(H,61,72)(H,62,76)(H,63,77)(H,64,74)(H,65,79)(H,66,75)(H,67,78)(H4,56,57,58). The SMILES string of the molecule is CCC(C)C(NC(=O)C(Cc1ccccc1)NC(=O)C(CCCN=C(N)N)NC(=O)C(CC(N)=O)NC(=O)C1CCCN1C(=O)C(CC(N)=O)NC(=O)C1CCC(=O)N1)C(=O)NCC(=O)NC(CC(C)C)C(=O)NC(CCSC)C(N)=O. The van der Waals surface area contributed by atoms with E-state index < -0.39 is 151 Å². The van der Waals surface area contributed by atoms with Crippen LogP contribution in [0.5, 0.6) is 0 Å². The van der Waals surface area contributed by atoms with Crippen LogP contribution in [0.2, 0.25) is 0 Å². The van der Waals surface area contributed by atoms with Gasteiger partial charge in [0, 0.05) is 25.9 Å². The van der Waals surface area contributed by atoms with Crippen molar-refractivity contribution >= 4 is 94.5 Å². The van der Waals surface area contributed by atoms with Crippen LogP contribution in [-0.2, 0) is 68.7 Å². The molecule has 0 radical (unpaired) electrons. The second-order valence-electron chi connectivity index (χ2n) is 20.7. The zero-order valence-electron chi connectivity index (χ0n) is 47.0. The van der Waals surface area contributed by atoms with E-state index in [1.54, 1.807) is 44.2 Å². The Morgan fingerprint density at radius 1 is 0.695 bits per heavy atom. The third-order valence-corrected chi connectivity index (χ3v) is 14.2. The number of benzene rings is 1. The van der Waals surface area contributed by atoms with Gasteiger partial charge in [-0.15, -0.1) is 0 Å². The van der Waals surface area contributed by atoms with E-state index in [9.17, 15) is 62.3 Å².